The van der Waals surface area contributed by atoms with Crippen LogP contribution in [0.15, 0.2) is 60.7 Å². The van der Waals surface area contributed by atoms with Crippen LogP contribution in [-0.2, 0) is 11.3 Å². The van der Waals surface area contributed by atoms with E-state index in [1.165, 1.54) is 0 Å². The molecule has 3 aromatic carbocycles. The molecule has 190 valence electrons. The van der Waals surface area contributed by atoms with E-state index >= 15 is 0 Å². The Morgan fingerprint density at radius 1 is 1.00 bits per heavy atom. The zero-order valence-electron chi connectivity index (χ0n) is 20.9. The standard InChI is InChI=1S/C28H28N4O5/c1-4-12-37-27(35)18-10-8-17(9-11-18)26(34)30-21-7-5-6-19(13-21)25-22-14-20(16-33)24(36-3)15-23(22)31-28(29-2)32-25/h5-11,13-15,33H,4,12,16H2,1-3H3,(H,30,34)(H,29,31,32). The number of aliphatic hydroxyl groups excluding tert-OH is 1. The van der Waals surface area contributed by atoms with Gasteiger partial charge in [0.1, 0.15) is 5.75 Å². The molecule has 0 saturated carbocycles. The van der Waals surface area contributed by atoms with Crippen molar-refractivity contribution in [2.24, 2.45) is 0 Å². The van der Waals surface area contributed by atoms with Gasteiger partial charge in [-0.2, -0.15) is 0 Å². The second-order valence-corrected chi connectivity index (χ2v) is 8.23. The number of hydrogen-bond donors (Lipinski definition) is 3. The third-order valence-corrected chi connectivity index (χ3v) is 5.71. The zero-order chi connectivity index (χ0) is 26.4. The molecule has 0 aliphatic carbocycles. The number of carbonyl (C=O) groups is 2. The predicted octanol–water partition coefficient (Wildman–Crippen LogP) is 4.66. The molecular weight excluding hydrogens is 472 g/mol. The lowest BCUT2D eigenvalue weighted by molar-refractivity contribution is 0.0505. The maximum absolute atomic E-state index is 12.9. The van der Waals surface area contributed by atoms with Gasteiger partial charge in [-0.1, -0.05) is 19.1 Å². The molecule has 4 rings (SSSR count). The predicted molar refractivity (Wildman–Crippen MR) is 142 cm³/mol. The van der Waals surface area contributed by atoms with Gasteiger partial charge in [0.15, 0.2) is 0 Å². The van der Waals surface area contributed by atoms with Gasteiger partial charge in [-0.15, -0.1) is 0 Å². The number of aromatic nitrogens is 2. The molecule has 0 bridgehead atoms. The summed E-state index contributed by atoms with van der Waals surface area (Å²) in [5.74, 6) is 0.226. The molecular formula is C28H28N4O5. The van der Waals surface area contributed by atoms with Crippen molar-refractivity contribution in [3.8, 4) is 17.0 Å². The third kappa shape index (κ3) is 5.68. The maximum atomic E-state index is 12.9. The van der Waals surface area contributed by atoms with Gasteiger partial charge in [-0.05, 0) is 48.9 Å². The second-order valence-electron chi connectivity index (χ2n) is 8.23. The minimum atomic E-state index is -0.415. The summed E-state index contributed by atoms with van der Waals surface area (Å²) in [7, 11) is 3.27. The summed E-state index contributed by atoms with van der Waals surface area (Å²) in [5.41, 5.74) is 4.02. The first-order chi connectivity index (χ1) is 18.0. The van der Waals surface area contributed by atoms with Crippen molar-refractivity contribution in [3.63, 3.8) is 0 Å². The number of aliphatic hydroxyl groups is 1. The van der Waals surface area contributed by atoms with Gasteiger partial charge >= 0.3 is 5.97 Å². The van der Waals surface area contributed by atoms with Crippen LogP contribution in [0, 0.1) is 0 Å². The number of amides is 1. The molecule has 1 aromatic heterocycles. The molecule has 0 unspecified atom stereocenters. The number of carbonyl (C=O) groups excluding carboxylic acids is 2. The van der Waals surface area contributed by atoms with Crippen LogP contribution < -0.4 is 15.4 Å². The zero-order valence-corrected chi connectivity index (χ0v) is 20.9. The second kappa shape index (κ2) is 11.5. The van der Waals surface area contributed by atoms with Crippen LogP contribution in [0.2, 0.25) is 0 Å². The SMILES string of the molecule is CCCOC(=O)c1ccc(C(=O)Nc2cccc(-c3nc(NC)nc4cc(OC)c(CO)cc34)c2)cc1. The minimum Gasteiger partial charge on any atom is -0.496 e. The summed E-state index contributed by atoms with van der Waals surface area (Å²) < 4.78 is 10.5. The fourth-order valence-electron chi connectivity index (χ4n) is 3.83. The number of benzene rings is 3. The van der Waals surface area contributed by atoms with E-state index in [1.54, 1.807) is 56.6 Å². The Morgan fingerprint density at radius 2 is 1.76 bits per heavy atom. The van der Waals surface area contributed by atoms with E-state index in [-0.39, 0.29) is 12.5 Å². The van der Waals surface area contributed by atoms with Crippen LogP contribution in [-0.4, -0.2) is 47.7 Å². The molecule has 37 heavy (non-hydrogen) atoms. The van der Waals surface area contributed by atoms with Gasteiger partial charge in [-0.3, -0.25) is 4.79 Å². The highest BCUT2D eigenvalue weighted by molar-refractivity contribution is 6.05. The summed E-state index contributed by atoms with van der Waals surface area (Å²) in [6.45, 7) is 2.08. The summed E-state index contributed by atoms with van der Waals surface area (Å²) in [5, 5.41) is 16.4. The van der Waals surface area contributed by atoms with E-state index in [1.807, 2.05) is 25.1 Å². The summed E-state index contributed by atoms with van der Waals surface area (Å²) in [6.07, 6.45) is 0.739. The summed E-state index contributed by atoms with van der Waals surface area (Å²) >= 11 is 0. The van der Waals surface area contributed by atoms with Gasteiger partial charge < -0.3 is 25.2 Å². The molecule has 3 N–H and O–H groups in total. The summed E-state index contributed by atoms with van der Waals surface area (Å²) in [6, 6.07) is 17.2. The summed E-state index contributed by atoms with van der Waals surface area (Å²) in [4.78, 5) is 34.1. The monoisotopic (exact) mass is 500 g/mol. The van der Waals surface area contributed by atoms with Crippen LogP contribution in [0.3, 0.4) is 0 Å². The molecule has 9 heteroatoms. The van der Waals surface area contributed by atoms with Crippen LogP contribution in [0.4, 0.5) is 11.6 Å². The number of ether oxygens (including phenoxy) is 2. The van der Waals surface area contributed by atoms with Gasteiger partial charge in [0.2, 0.25) is 5.95 Å². The first-order valence-corrected chi connectivity index (χ1v) is 11.8. The van der Waals surface area contributed by atoms with Gasteiger partial charge in [0, 0.05) is 40.9 Å². The number of nitrogens with zero attached hydrogens (tertiary/aromatic N) is 2. The highest BCUT2D eigenvalue weighted by Gasteiger charge is 2.15. The van der Waals surface area contributed by atoms with E-state index in [0.717, 1.165) is 17.4 Å². The Bertz CT molecular complexity index is 1440. The first-order valence-electron chi connectivity index (χ1n) is 11.8. The van der Waals surface area contributed by atoms with E-state index in [2.05, 4.69) is 20.6 Å². The Morgan fingerprint density at radius 3 is 2.43 bits per heavy atom. The molecule has 0 radical (unpaired) electrons. The van der Waals surface area contributed by atoms with Crippen molar-refractivity contribution in [2.45, 2.75) is 20.0 Å². The average Bonchev–Trinajstić information content (AvgIpc) is 2.94. The van der Waals surface area contributed by atoms with E-state index in [0.29, 0.717) is 51.9 Å². The van der Waals surface area contributed by atoms with E-state index < -0.39 is 5.97 Å². The van der Waals surface area contributed by atoms with Gasteiger partial charge in [-0.25, -0.2) is 14.8 Å². The van der Waals surface area contributed by atoms with Crippen molar-refractivity contribution >= 4 is 34.4 Å². The molecule has 0 spiro atoms. The molecule has 1 amide bonds. The van der Waals surface area contributed by atoms with Crippen molar-refractivity contribution in [2.75, 3.05) is 31.4 Å². The Hall–Kier alpha value is -4.50. The van der Waals surface area contributed by atoms with Crippen LogP contribution in [0.25, 0.3) is 22.2 Å². The molecule has 1 heterocycles. The number of rotatable bonds is 9. The van der Waals surface area contributed by atoms with Crippen molar-refractivity contribution in [1.82, 2.24) is 9.97 Å². The number of anilines is 2. The molecule has 4 aromatic rings. The van der Waals surface area contributed by atoms with Crippen molar-refractivity contribution in [1.29, 1.82) is 0 Å². The average molecular weight is 501 g/mol. The molecule has 0 atom stereocenters. The van der Waals surface area contributed by atoms with Crippen molar-refractivity contribution in [3.05, 3.63) is 77.4 Å². The van der Waals surface area contributed by atoms with E-state index in [9.17, 15) is 14.7 Å². The van der Waals surface area contributed by atoms with E-state index in [4.69, 9.17) is 9.47 Å². The van der Waals surface area contributed by atoms with Crippen LogP contribution in [0.1, 0.15) is 39.6 Å². The number of esters is 1. The molecule has 0 fully saturated rings. The smallest absolute Gasteiger partial charge is 0.338 e. The maximum Gasteiger partial charge on any atom is 0.338 e. The highest BCUT2D eigenvalue weighted by atomic mass is 16.5. The lowest BCUT2D eigenvalue weighted by Gasteiger charge is -2.13. The lowest BCUT2D eigenvalue weighted by atomic mass is 10.0. The number of nitrogens with one attached hydrogen (secondary N) is 2. The van der Waals surface area contributed by atoms with Gasteiger partial charge in [0.05, 0.1) is 37.1 Å². The largest absolute Gasteiger partial charge is 0.496 e. The Balaban J connectivity index is 1.63. The topological polar surface area (TPSA) is 123 Å². The number of methoxy groups -OCH3 is 1. The lowest BCUT2D eigenvalue weighted by Crippen LogP contribution is -2.12. The molecule has 0 saturated heterocycles. The fraction of sp³-hybridized carbons (Fsp3) is 0.214. The molecule has 9 nitrogen and oxygen atoms in total. The first kappa shape index (κ1) is 25.6. The molecule has 0 aliphatic rings. The van der Waals surface area contributed by atoms with Crippen molar-refractivity contribution < 1.29 is 24.2 Å². The van der Waals surface area contributed by atoms with Gasteiger partial charge in [0.25, 0.3) is 5.91 Å². The van der Waals surface area contributed by atoms with Crippen LogP contribution in [0.5, 0.6) is 5.75 Å². The quantitative estimate of drug-likeness (QED) is 0.284. The minimum absolute atomic E-state index is 0.197. The fourth-order valence-corrected chi connectivity index (χ4v) is 3.83. The molecule has 0 aliphatic heterocycles. The normalized spacial score (nSPS) is 10.7. The van der Waals surface area contributed by atoms with Crippen LogP contribution >= 0.6 is 0 Å². The highest BCUT2D eigenvalue weighted by Crippen LogP contribution is 2.33. The number of hydrogen-bond acceptors (Lipinski definition) is 8. The Labute approximate surface area is 214 Å². The Kier molecular flexibility index (Phi) is 7.95. The number of fused-ring (bicyclic) bond motifs is 1. The third-order valence-electron chi connectivity index (χ3n) is 5.71.